The van der Waals surface area contributed by atoms with E-state index in [9.17, 15) is 0 Å². The molecule has 1 heterocycles. The molecule has 0 aliphatic heterocycles. The molecule has 0 saturated carbocycles. The summed E-state index contributed by atoms with van der Waals surface area (Å²) in [5.41, 5.74) is 6.26. The molecular weight excluding hydrogens is 168 g/mol. The molecule has 0 spiro atoms. The van der Waals surface area contributed by atoms with Gasteiger partial charge in [0.05, 0.1) is 6.04 Å². The molecule has 1 rings (SSSR count). The van der Waals surface area contributed by atoms with Crippen LogP contribution in [0.15, 0.2) is 11.6 Å². The molecule has 0 bridgehead atoms. The van der Waals surface area contributed by atoms with E-state index in [1.807, 2.05) is 11.6 Å². The molecule has 1 aromatic rings. The van der Waals surface area contributed by atoms with Crippen LogP contribution in [0.5, 0.6) is 0 Å². The van der Waals surface area contributed by atoms with Crippen LogP contribution in [-0.4, -0.2) is 4.98 Å². The molecule has 1 atom stereocenters. The summed E-state index contributed by atoms with van der Waals surface area (Å²) in [7, 11) is 0. The van der Waals surface area contributed by atoms with E-state index in [2.05, 4.69) is 25.8 Å². The first-order valence-corrected chi connectivity index (χ1v) is 5.02. The summed E-state index contributed by atoms with van der Waals surface area (Å²) in [6, 6.07) is 0.102. The van der Waals surface area contributed by atoms with E-state index in [0.29, 0.717) is 0 Å². The Morgan fingerprint density at radius 3 is 2.67 bits per heavy atom. The van der Waals surface area contributed by atoms with Gasteiger partial charge in [-0.15, -0.1) is 11.3 Å². The summed E-state index contributed by atoms with van der Waals surface area (Å²) < 4.78 is 0. The normalized spacial score (nSPS) is 14.7. The lowest BCUT2D eigenvalue weighted by Crippen LogP contribution is -2.18. The smallest absolute Gasteiger partial charge is 0.109 e. The summed E-state index contributed by atoms with van der Waals surface area (Å²) in [6.45, 7) is 6.58. The predicted octanol–water partition coefficient (Wildman–Crippen LogP) is 2.58. The van der Waals surface area contributed by atoms with Crippen LogP contribution in [0.3, 0.4) is 0 Å². The second-order valence-corrected chi connectivity index (χ2v) is 5.17. The van der Waals surface area contributed by atoms with Gasteiger partial charge >= 0.3 is 0 Å². The third-order valence-corrected chi connectivity index (χ3v) is 2.51. The lowest BCUT2D eigenvalue weighted by molar-refractivity contribution is 0.342. The van der Waals surface area contributed by atoms with E-state index in [-0.39, 0.29) is 11.5 Å². The van der Waals surface area contributed by atoms with Crippen molar-refractivity contribution in [2.45, 2.75) is 33.2 Å². The van der Waals surface area contributed by atoms with Gasteiger partial charge in [0.25, 0.3) is 0 Å². The highest BCUT2D eigenvalue weighted by Crippen LogP contribution is 2.28. The van der Waals surface area contributed by atoms with Crippen LogP contribution in [-0.2, 0) is 0 Å². The maximum Gasteiger partial charge on any atom is 0.109 e. The van der Waals surface area contributed by atoms with E-state index >= 15 is 0 Å². The minimum Gasteiger partial charge on any atom is -0.322 e. The van der Waals surface area contributed by atoms with E-state index in [0.717, 1.165) is 11.4 Å². The molecule has 68 valence electrons. The van der Waals surface area contributed by atoms with Crippen LogP contribution in [0.1, 0.15) is 38.2 Å². The van der Waals surface area contributed by atoms with Gasteiger partial charge in [0, 0.05) is 11.6 Å². The van der Waals surface area contributed by atoms with Crippen molar-refractivity contribution in [1.82, 2.24) is 4.98 Å². The van der Waals surface area contributed by atoms with Crippen LogP contribution in [0.4, 0.5) is 0 Å². The van der Waals surface area contributed by atoms with Crippen molar-refractivity contribution in [2.75, 3.05) is 0 Å². The SMILES string of the molecule is CC(C)(C)CC(N)c1nccs1. The molecule has 3 heteroatoms. The zero-order chi connectivity index (χ0) is 9.19. The topological polar surface area (TPSA) is 38.9 Å². The Hall–Kier alpha value is -0.410. The van der Waals surface area contributed by atoms with Gasteiger partial charge in [-0.2, -0.15) is 0 Å². The van der Waals surface area contributed by atoms with E-state index in [1.54, 1.807) is 11.3 Å². The van der Waals surface area contributed by atoms with E-state index in [4.69, 9.17) is 5.73 Å². The summed E-state index contributed by atoms with van der Waals surface area (Å²) in [5.74, 6) is 0. The molecule has 2 N–H and O–H groups in total. The molecule has 1 unspecified atom stereocenters. The second kappa shape index (κ2) is 3.54. The summed E-state index contributed by atoms with van der Waals surface area (Å²) in [6.07, 6.45) is 2.79. The Labute approximate surface area is 77.8 Å². The Morgan fingerprint density at radius 1 is 1.58 bits per heavy atom. The predicted molar refractivity (Wildman–Crippen MR) is 53.1 cm³/mol. The first-order valence-electron chi connectivity index (χ1n) is 4.14. The molecule has 0 aliphatic carbocycles. The van der Waals surface area contributed by atoms with Gasteiger partial charge in [-0.05, 0) is 11.8 Å². The van der Waals surface area contributed by atoms with Crippen LogP contribution in [0.25, 0.3) is 0 Å². The minimum atomic E-state index is 0.102. The maximum atomic E-state index is 5.97. The second-order valence-electron chi connectivity index (χ2n) is 4.24. The monoisotopic (exact) mass is 184 g/mol. The van der Waals surface area contributed by atoms with Crippen molar-refractivity contribution in [2.24, 2.45) is 11.1 Å². The third-order valence-electron chi connectivity index (χ3n) is 1.60. The van der Waals surface area contributed by atoms with Gasteiger partial charge in [-0.3, -0.25) is 0 Å². The lowest BCUT2D eigenvalue weighted by Gasteiger charge is -2.21. The molecule has 0 saturated heterocycles. The number of hydrogen-bond donors (Lipinski definition) is 1. The largest absolute Gasteiger partial charge is 0.322 e. The Morgan fingerprint density at radius 2 is 2.25 bits per heavy atom. The fourth-order valence-corrected chi connectivity index (χ4v) is 1.81. The van der Waals surface area contributed by atoms with Crippen LogP contribution in [0.2, 0.25) is 0 Å². The van der Waals surface area contributed by atoms with E-state index in [1.165, 1.54) is 0 Å². The van der Waals surface area contributed by atoms with Gasteiger partial charge < -0.3 is 5.73 Å². The number of aromatic nitrogens is 1. The molecule has 0 aliphatic rings. The molecule has 1 aromatic heterocycles. The summed E-state index contributed by atoms with van der Waals surface area (Å²) >= 11 is 1.64. The minimum absolute atomic E-state index is 0.102. The van der Waals surface area contributed by atoms with E-state index < -0.39 is 0 Å². The summed E-state index contributed by atoms with van der Waals surface area (Å²) in [4.78, 5) is 4.19. The quantitative estimate of drug-likeness (QED) is 0.767. The summed E-state index contributed by atoms with van der Waals surface area (Å²) in [5, 5.41) is 3.02. The highest BCUT2D eigenvalue weighted by Gasteiger charge is 2.18. The van der Waals surface area contributed by atoms with Crippen LogP contribution < -0.4 is 5.73 Å². The van der Waals surface area contributed by atoms with Gasteiger partial charge in [-0.25, -0.2) is 4.98 Å². The standard InChI is InChI=1S/C9H16N2S/c1-9(2,3)6-7(10)8-11-4-5-12-8/h4-5,7H,6,10H2,1-3H3. The van der Waals surface area contributed by atoms with Gasteiger partial charge in [0.15, 0.2) is 0 Å². The fraction of sp³-hybridized carbons (Fsp3) is 0.667. The average Bonchev–Trinajstić information content (AvgIpc) is 2.32. The zero-order valence-electron chi connectivity index (χ0n) is 7.87. The van der Waals surface area contributed by atoms with Crippen molar-refractivity contribution in [3.05, 3.63) is 16.6 Å². The van der Waals surface area contributed by atoms with Gasteiger partial charge in [0.1, 0.15) is 5.01 Å². The zero-order valence-corrected chi connectivity index (χ0v) is 8.69. The molecule has 0 amide bonds. The fourth-order valence-electron chi connectivity index (χ4n) is 1.16. The van der Waals surface area contributed by atoms with Crippen molar-refractivity contribution in [3.8, 4) is 0 Å². The third kappa shape index (κ3) is 2.91. The van der Waals surface area contributed by atoms with Crippen LogP contribution >= 0.6 is 11.3 Å². The molecular formula is C9H16N2S. The highest BCUT2D eigenvalue weighted by atomic mass is 32.1. The first kappa shape index (κ1) is 9.68. The number of hydrogen-bond acceptors (Lipinski definition) is 3. The number of nitrogens with two attached hydrogens (primary N) is 1. The number of thiazole rings is 1. The van der Waals surface area contributed by atoms with Crippen molar-refractivity contribution >= 4 is 11.3 Å². The Balaban J connectivity index is 2.56. The lowest BCUT2D eigenvalue weighted by atomic mass is 9.89. The molecule has 0 radical (unpaired) electrons. The van der Waals surface area contributed by atoms with Gasteiger partial charge in [0.2, 0.25) is 0 Å². The van der Waals surface area contributed by atoms with Gasteiger partial charge in [-0.1, -0.05) is 20.8 Å². The number of nitrogens with zero attached hydrogens (tertiary/aromatic N) is 1. The Kier molecular flexibility index (Phi) is 2.85. The molecule has 12 heavy (non-hydrogen) atoms. The average molecular weight is 184 g/mol. The number of rotatable bonds is 2. The van der Waals surface area contributed by atoms with Crippen LogP contribution in [0, 0.1) is 5.41 Å². The Bertz CT molecular complexity index is 223. The molecule has 2 nitrogen and oxygen atoms in total. The van der Waals surface area contributed by atoms with Crippen molar-refractivity contribution in [1.29, 1.82) is 0 Å². The molecule has 0 fully saturated rings. The van der Waals surface area contributed by atoms with Crippen molar-refractivity contribution in [3.63, 3.8) is 0 Å². The van der Waals surface area contributed by atoms with Crippen molar-refractivity contribution < 1.29 is 0 Å². The maximum absolute atomic E-state index is 5.97. The highest BCUT2D eigenvalue weighted by molar-refractivity contribution is 7.09. The molecule has 0 aromatic carbocycles. The first-order chi connectivity index (χ1) is 5.49.